The lowest BCUT2D eigenvalue weighted by atomic mass is 10.1. The fraction of sp³-hybridized carbons (Fsp3) is 0.588. The summed E-state index contributed by atoms with van der Waals surface area (Å²) >= 11 is 0. The van der Waals surface area contributed by atoms with Crippen LogP contribution in [0, 0.1) is 0 Å². The van der Waals surface area contributed by atoms with Crippen molar-refractivity contribution in [3.05, 3.63) is 35.4 Å². The Labute approximate surface area is 128 Å². The summed E-state index contributed by atoms with van der Waals surface area (Å²) in [6.07, 6.45) is 5.47. The van der Waals surface area contributed by atoms with E-state index >= 15 is 0 Å². The number of nitrogens with two attached hydrogens (primary N) is 1. The third kappa shape index (κ3) is 5.38. The molecule has 1 fully saturated rings. The molecule has 0 unspecified atom stereocenters. The van der Waals surface area contributed by atoms with Gasteiger partial charge < -0.3 is 10.6 Å². The first-order valence-electron chi connectivity index (χ1n) is 7.92. The SMILES string of the molecule is CN(C)C(N)=NCc1ccc(CN2CCCCCC2)cc1. The van der Waals surface area contributed by atoms with Gasteiger partial charge in [-0.05, 0) is 37.1 Å². The maximum Gasteiger partial charge on any atom is 0.191 e. The molecule has 1 saturated heterocycles. The smallest absolute Gasteiger partial charge is 0.191 e. The van der Waals surface area contributed by atoms with Crippen LogP contribution in [0.1, 0.15) is 36.8 Å². The van der Waals surface area contributed by atoms with Crippen molar-refractivity contribution in [1.29, 1.82) is 0 Å². The van der Waals surface area contributed by atoms with Crippen LogP contribution in [0.3, 0.4) is 0 Å². The van der Waals surface area contributed by atoms with E-state index in [0.29, 0.717) is 12.5 Å². The van der Waals surface area contributed by atoms with E-state index in [1.165, 1.54) is 49.9 Å². The number of rotatable bonds is 4. The second kappa shape index (κ2) is 8.03. The summed E-state index contributed by atoms with van der Waals surface area (Å²) < 4.78 is 0. The highest BCUT2D eigenvalue weighted by Crippen LogP contribution is 2.14. The number of aliphatic imine (C=N–C) groups is 1. The van der Waals surface area contributed by atoms with Crippen molar-refractivity contribution >= 4 is 5.96 Å². The van der Waals surface area contributed by atoms with Crippen molar-refractivity contribution in [3.8, 4) is 0 Å². The van der Waals surface area contributed by atoms with E-state index in [1.807, 2.05) is 19.0 Å². The van der Waals surface area contributed by atoms with Crippen molar-refractivity contribution in [2.45, 2.75) is 38.8 Å². The molecule has 0 bridgehead atoms. The maximum atomic E-state index is 5.80. The van der Waals surface area contributed by atoms with Crippen LogP contribution in [0.5, 0.6) is 0 Å². The topological polar surface area (TPSA) is 44.9 Å². The Morgan fingerprint density at radius 1 is 1.05 bits per heavy atom. The van der Waals surface area contributed by atoms with E-state index in [0.717, 1.165) is 6.54 Å². The Bertz CT molecular complexity index is 442. The highest BCUT2D eigenvalue weighted by Gasteiger charge is 2.09. The number of guanidine groups is 1. The molecule has 0 aliphatic carbocycles. The molecule has 1 aliphatic heterocycles. The molecule has 2 N–H and O–H groups in total. The van der Waals surface area contributed by atoms with Crippen molar-refractivity contribution in [2.24, 2.45) is 10.7 Å². The summed E-state index contributed by atoms with van der Waals surface area (Å²) in [7, 11) is 3.81. The summed E-state index contributed by atoms with van der Waals surface area (Å²) in [5, 5.41) is 0. The second-order valence-electron chi connectivity index (χ2n) is 6.08. The van der Waals surface area contributed by atoms with E-state index in [2.05, 4.69) is 34.2 Å². The van der Waals surface area contributed by atoms with Crippen LogP contribution in [0.15, 0.2) is 29.3 Å². The lowest BCUT2D eigenvalue weighted by molar-refractivity contribution is 0.277. The summed E-state index contributed by atoms with van der Waals surface area (Å²) in [5.41, 5.74) is 8.40. The lowest BCUT2D eigenvalue weighted by Gasteiger charge is -2.19. The van der Waals surface area contributed by atoms with Crippen LogP contribution in [-0.2, 0) is 13.1 Å². The average Bonchev–Trinajstić information content (AvgIpc) is 2.74. The first-order valence-corrected chi connectivity index (χ1v) is 7.92. The Kier molecular flexibility index (Phi) is 6.05. The van der Waals surface area contributed by atoms with Gasteiger partial charge in [0.15, 0.2) is 5.96 Å². The van der Waals surface area contributed by atoms with E-state index in [4.69, 9.17) is 5.73 Å². The van der Waals surface area contributed by atoms with E-state index < -0.39 is 0 Å². The van der Waals surface area contributed by atoms with Crippen LogP contribution in [0.4, 0.5) is 0 Å². The zero-order valence-corrected chi connectivity index (χ0v) is 13.4. The largest absolute Gasteiger partial charge is 0.370 e. The molecule has 0 saturated carbocycles. The van der Waals surface area contributed by atoms with Crippen LogP contribution >= 0.6 is 0 Å². The zero-order valence-electron chi connectivity index (χ0n) is 13.4. The maximum absolute atomic E-state index is 5.80. The number of benzene rings is 1. The van der Waals surface area contributed by atoms with Gasteiger partial charge in [-0.15, -0.1) is 0 Å². The van der Waals surface area contributed by atoms with Crippen LogP contribution in [0.25, 0.3) is 0 Å². The summed E-state index contributed by atoms with van der Waals surface area (Å²) in [6.45, 7) is 4.20. The minimum absolute atomic E-state index is 0.573. The van der Waals surface area contributed by atoms with Gasteiger partial charge >= 0.3 is 0 Å². The Hall–Kier alpha value is -1.55. The van der Waals surface area contributed by atoms with Gasteiger partial charge in [0.05, 0.1) is 6.54 Å². The van der Waals surface area contributed by atoms with Gasteiger partial charge in [-0.25, -0.2) is 4.99 Å². The van der Waals surface area contributed by atoms with Gasteiger partial charge in [0.1, 0.15) is 0 Å². The predicted octanol–water partition coefficient (Wildman–Crippen LogP) is 2.44. The number of likely N-dealkylation sites (tertiary alicyclic amines) is 1. The molecule has 0 spiro atoms. The van der Waals surface area contributed by atoms with E-state index in [9.17, 15) is 0 Å². The van der Waals surface area contributed by atoms with Crippen molar-refractivity contribution < 1.29 is 0 Å². The monoisotopic (exact) mass is 288 g/mol. The predicted molar refractivity (Wildman–Crippen MR) is 89.2 cm³/mol. The molecule has 2 rings (SSSR count). The molecule has 0 atom stereocenters. The van der Waals surface area contributed by atoms with Gasteiger partial charge in [0.2, 0.25) is 0 Å². The van der Waals surface area contributed by atoms with Crippen molar-refractivity contribution in [3.63, 3.8) is 0 Å². The van der Waals surface area contributed by atoms with Crippen molar-refractivity contribution in [2.75, 3.05) is 27.2 Å². The van der Waals surface area contributed by atoms with Gasteiger partial charge in [0, 0.05) is 20.6 Å². The third-order valence-corrected chi connectivity index (χ3v) is 4.01. The van der Waals surface area contributed by atoms with Gasteiger partial charge in [-0.1, -0.05) is 37.1 Å². The second-order valence-corrected chi connectivity index (χ2v) is 6.08. The molecular weight excluding hydrogens is 260 g/mol. The molecule has 4 heteroatoms. The van der Waals surface area contributed by atoms with Crippen molar-refractivity contribution in [1.82, 2.24) is 9.80 Å². The first-order chi connectivity index (χ1) is 10.1. The zero-order chi connectivity index (χ0) is 15.1. The fourth-order valence-corrected chi connectivity index (χ4v) is 2.62. The Balaban J connectivity index is 1.88. The molecule has 1 heterocycles. The molecule has 21 heavy (non-hydrogen) atoms. The fourth-order valence-electron chi connectivity index (χ4n) is 2.62. The molecule has 4 nitrogen and oxygen atoms in total. The number of hydrogen-bond donors (Lipinski definition) is 1. The molecule has 116 valence electrons. The van der Waals surface area contributed by atoms with E-state index in [-0.39, 0.29) is 0 Å². The van der Waals surface area contributed by atoms with Crippen LogP contribution in [-0.4, -0.2) is 42.9 Å². The molecule has 0 aromatic heterocycles. The molecule has 1 aromatic carbocycles. The van der Waals surface area contributed by atoms with E-state index in [1.54, 1.807) is 0 Å². The number of hydrogen-bond acceptors (Lipinski definition) is 2. The van der Waals surface area contributed by atoms with Gasteiger partial charge in [-0.2, -0.15) is 0 Å². The highest BCUT2D eigenvalue weighted by molar-refractivity contribution is 5.77. The summed E-state index contributed by atoms with van der Waals surface area (Å²) in [4.78, 5) is 8.76. The van der Waals surface area contributed by atoms with Crippen LogP contribution < -0.4 is 5.73 Å². The Morgan fingerprint density at radius 3 is 2.19 bits per heavy atom. The molecule has 0 amide bonds. The number of nitrogens with zero attached hydrogens (tertiary/aromatic N) is 3. The molecule has 1 aromatic rings. The molecular formula is C17H28N4. The van der Waals surface area contributed by atoms with Gasteiger partial charge in [-0.3, -0.25) is 4.90 Å². The quantitative estimate of drug-likeness (QED) is 0.683. The summed E-state index contributed by atoms with van der Waals surface area (Å²) in [5.74, 6) is 0.573. The summed E-state index contributed by atoms with van der Waals surface area (Å²) in [6, 6.07) is 8.78. The first kappa shape index (κ1) is 15.8. The molecule has 0 radical (unpaired) electrons. The molecule has 1 aliphatic rings. The van der Waals surface area contributed by atoms with Gasteiger partial charge in [0.25, 0.3) is 0 Å². The standard InChI is InChI=1S/C17H28N4/c1-20(2)17(18)19-13-15-7-9-16(10-8-15)14-21-11-5-3-4-6-12-21/h7-10H,3-6,11-14H2,1-2H3,(H2,18,19). The Morgan fingerprint density at radius 2 is 1.62 bits per heavy atom. The highest BCUT2D eigenvalue weighted by atomic mass is 15.2. The van der Waals surface area contributed by atoms with Crippen LogP contribution in [0.2, 0.25) is 0 Å². The minimum atomic E-state index is 0.573. The third-order valence-electron chi connectivity index (χ3n) is 4.01. The lowest BCUT2D eigenvalue weighted by Crippen LogP contribution is -2.30. The normalized spacial score (nSPS) is 17.5. The average molecular weight is 288 g/mol. The minimum Gasteiger partial charge on any atom is -0.370 e.